The first-order valence-corrected chi connectivity index (χ1v) is 8.85. The van der Waals surface area contributed by atoms with E-state index in [1.165, 1.54) is 19.3 Å². The molecule has 0 bridgehead atoms. The molecule has 3 aromatic rings. The third kappa shape index (κ3) is 2.57. The Bertz CT molecular complexity index is 864. The van der Waals surface area contributed by atoms with Gasteiger partial charge in [0.1, 0.15) is 5.82 Å². The van der Waals surface area contributed by atoms with Gasteiger partial charge in [-0.3, -0.25) is 4.90 Å². The second-order valence-corrected chi connectivity index (χ2v) is 7.10. The van der Waals surface area contributed by atoms with Gasteiger partial charge in [0.2, 0.25) is 0 Å². The van der Waals surface area contributed by atoms with Crippen LogP contribution >= 0.6 is 0 Å². The summed E-state index contributed by atoms with van der Waals surface area (Å²) in [7, 11) is 2.12. The van der Waals surface area contributed by atoms with Crippen molar-refractivity contribution in [1.82, 2.24) is 29.9 Å². The van der Waals surface area contributed by atoms with E-state index in [1.54, 1.807) is 6.20 Å². The second-order valence-electron chi connectivity index (χ2n) is 7.10. The van der Waals surface area contributed by atoms with E-state index in [0.717, 1.165) is 42.7 Å². The molecule has 0 atom stereocenters. The van der Waals surface area contributed by atoms with Gasteiger partial charge in [-0.1, -0.05) is 11.6 Å². The van der Waals surface area contributed by atoms with Crippen LogP contribution in [0.25, 0.3) is 5.65 Å². The van der Waals surface area contributed by atoms with Crippen molar-refractivity contribution < 1.29 is 4.52 Å². The fourth-order valence-corrected chi connectivity index (χ4v) is 3.51. The van der Waals surface area contributed by atoms with Crippen LogP contribution in [0, 0.1) is 0 Å². The highest BCUT2D eigenvalue weighted by Gasteiger charge is 2.32. The third-order valence-electron chi connectivity index (χ3n) is 5.45. The summed E-state index contributed by atoms with van der Waals surface area (Å²) in [5.41, 5.74) is 0.838. The molecule has 1 saturated carbocycles. The summed E-state index contributed by atoms with van der Waals surface area (Å²) in [6.07, 6.45) is 5.37. The third-order valence-corrected chi connectivity index (χ3v) is 5.45. The van der Waals surface area contributed by atoms with Crippen molar-refractivity contribution in [2.75, 3.05) is 25.0 Å². The van der Waals surface area contributed by atoms with Crippen LogP contribution in [0.5, 0.6) is 0 Å². The lowest BCUT2D eigenvalue weighted by atomic mass is 9.85. The molecular formula is C17H21N7O. The van der Waals surface area contributed by atoms with Gasteiger partial charge in [0, 0.05) is 31.1 Å². The summed E-state index contributed by atoms with van der Waals surface area (Å²) in [4.78, 5) is 4.60. The largest absolute Gasteiger partial charge is 0.360 e. The molecule has 0 amide bonds. The highest BCUT2D eigenvalue weighted by molar-refractivity contribution is 5.48. The van der Waals surface area contributed by atoms with E-state index in [9.17, 15) is 0 Å². The normalized spacial score (nSPS) is 18.7. The summed E-state index contributed by atoms with van der Waals surface area (Å²) in [6.45, 7) is 2.70. The monoisotopic (exact) mass is 339 g/mol. The SMILES string of the molecule is CN(Cc1ccno1)C1CN(c2ccc3nnc(C4CCC4)n3n2)C1. The van der Waals surface area contributed by atoms with E-state index in [0.29, 0.717) is 12.0 Å². The molecule has 1 aliphatic heterocycles. The molecule has 5 rings (SSSR count). The van der Waals surface area contributed by atoms with E-state index >= 15 is 0 Å². The maximum Gasteiger partial charge on any atom is 0.178 e. The van der Waals surface area contributed by atoms with Crippen LogP contribution in [-0.2, 0) is 6.54 Å². The van der Waals surface area contributed by atoms with Crippen molar-refractivity contribution in [3.05, 3.63) is 36.0 Å². The molecule has 0 spiro atoms. The van der Waals surface area contributed by atoms with Gasteiger partial charge in [-0.15, -0.1) is 15.3 Å². The van der Waals surface area contributed by atoms with E-state index in [2.05, 4.69) is 32.2 Å². The van der Waals surface area contributed by atoms with Crippen LogP contribution < -0.4 is 4.90 Å². The zero-order chi connectivity index (χ0) is 16.8. The Labute approximate surface area is 145 Å². The Kier molecular flexibility index (Phi) is 3.44. The van der Waals surface area contributed by atoms with Gasteiger partial charge in [0.15, 0.2) is 17.2 Å². The summed E-state index contributed by atoms with van der Waals surface area (Å²) >= 11 is 0. The van der Waals surface area contributed by atoms with Crippen LogP contribution in [0.2, 0.25) is 0 Å². The van der Waals surface area contributed by atoms with Crippen LogP contribution in [-0.4, -0.2) is 56.0 Å². The van der Waals surface area contributed by atoms with Crippen molar-refractivity contribution in [2.45, 2.75) is 37.8 Å². The molecule has 8 heteroatoms. The highest BCUT2D eigenvalue weighted by Crippen LogP contribution is 2.35. The number of nitrogens with zero attached hydrogens (tertiary/aromatic N) is 7. The molecular weight excluding hydrogens is 318 g/mol. The van der Waals surface area contributed by atoms with Crippen molar-refractivity contribution in [2.24, 2.45) is 0 Å². The molecule has 0 aromatic carbocycles. The van der Waals surface area contributed by atoms with Gasteiger partial charge in [-0.2, -0.15) is 4.52 Å². The average molecular weight is 339 g/mol. The predicted molar refractivity (Wildman–Crippen MR) is 91.3 cm³/mol. The Morgan fingerprint density at radius 2 is 2.08 bits per heavy atom. The fraction of sp³-hybridized carbons (Fsp3) is 0.529. The minimum atomic E-state index is 0.495. The maximum atomic E-state index is 5.19. The summed E-state index contributed by atoms with van der Waals surface area (Å²) in [6, 6.07) is 6.47. The standard InChI is InChI=1S/C17H21N7O/c1-22(11-14-7-8-18-25-14)13-9-23(10-13)16-6-5-15-19-20-17(24(15)21-16)12-3-2-4-12/h5-8,12-13H,2-4,9-11H2,1H3. The lowest BCUT2D eigenvalue weighted by Crippen LogP contribution is -2.58. The first-order valence-electron chi connectivity index (χ1n) is 8.85. The summed E-state index contributed by atoms with van der Waals surface area (Å²) < 4.78 is 7.13. The van der Waals surface area contributed by atoms with Crippen molar-refractivity contribution in [3.63, 3.8) is 0 Å². The molecule has 2 fully saturated rings. The average Bonchev–Trinajstić information content (AvgIpc) is 3.14. The lowest BCUT2D eigenvalue weighted by molar-refractivity contribution is 0.177. The predicted octanol–water partition coefficient (Wildman–Crippen LogP) is 1.70. The number of hydrogen-bond acceptors (Lipinski definition) is 7. The number of aromatic nitrogens is 5. The zero-order valence-corrected chi connectivity index (χ0v) is 14.2. The van der Waals surface area contributed by atoms with Gasteiger partial charge in [0.25, 0.3) is 0 Å². The topological polar surface area (TPSA) is 75.6 Å². The van der Waals surface area contributed by atoms with Crippen LogP contribution in [0.3, 0.4) is 0 Å². The molecule has 1 saturated heterocycles. The number of anilines is 1. The van der Waals surface area contributed by atoms with Crippen LogP contribution in [0.15, 0.2) is 28.9 Å². The van der Waals surface area contributed by atoms with Gasteiger partial charge < -0.3 is 9.42 Å². The number of hydrogen-bond donors (Lipinski definition) is 0. The van der Waals surface area contributed by atoms with E-state index in [4.69, 9.17) is 9.62 Å². The first kappa shape index (κ1) is 14.8. The van der Waals surface area contributed by atoms with Crippen LogP contribution in [0.1, 0.15) is 36.8 Å². The number of likely N-dealkylation sites (N-methyl/N-ethyl adjacent to an activating group) is 1. The Balaban J connectivity index is 1.28. The molecule has 25 heavy (non-hydrogen) atoms. The smallest absolute Gasteiger partial charge is 0.178 e. The molecule has 130 valence electrons. The van der Waals surface area contributed by atoms with Gasteiger partial charge in [-0.05, 0) is 32.0 Å². The van der Waals surface area contributed by atoms with Crippen molar-refractivity contribution >= 4 is 11.5 Å². The fourth-order valence-electron chi connectivity index (χ4n) is 3.51. The summed E-state index contributed by atoms with van der Waals surface area (Å²) in [5, 5.41) is 17.2. The molecule has 0 N–H and O–H groups in total. The maximum absolute atomic E-state index is 5.19. The Morgan fingerprint density at radius 1 is 1.20 bits per heavy atom. The molecule has 8 nitrogen and oxygen atoms in total. The Morgan fingerprint density at radius 3 is 2.80 bits per heavy atom. The van der Waals surface area contributed by atoms with E-state index in [-0.39, 0.29) is 0 Å². The molecule has 0 radical (unpaired) electrons. The quantitative estimate of drug-likeness (QED) is 0.700. The Hall–Kier alpha value is -2.48. The second kappa shape index (κ2) is 5.80. The van der Waals surface area contributed by atoms with Crippen molar-refractivity contribution in [1.29, 1.82) is 0 Å². The van der Waals surface area contributed by atoms with E-state index in [1.807, 2.05) is 22.7 Å². The summed E-state index contributed by atoms with van der Waals surface area (Å²) in [5.74, 6) is 3.44. The lowest BCUT2D eigenvalue weighted by Gasteiger charge is -2.44. The molecule has 2 aliphatic rings. The van der Waals surface area contributed by atoms with E-state index < -0.39 is 0 Å². The number of fused-ring (bicyclic) bond motifs is 1. The minimum absolute atomic E-state index is 0.495. The molecule has 1 aliphatic carbocycles. The minimum Gasteiger partial charge on any atom is -0.360 e. The van der Waals surface area contributed by atoms with Crippen molar-refractivity contribution in [3.8, 4) is 0 Å². The zero-order valence-electron chi connectivity index (χ0n) is 14.2. The van der Waals surface area contributed by atoms with Gasteiger partial charge >= 0.3 is 0 Å². The number of rotatable bonds is 5. The van der Waals surface area contributed by atoms with Gasteiger partial charge in [0.05, 0.1) is 12.7 Å². The molecule has 0 unspecified atom stereocenters. The molecule has 4 heterocycles. The van der Waals surface area contributed by atoms with Gasteiger partial charge in [-0.25, -0.2) is 0 Å². The first-order chi connectivity index (χ1) is 12.3. The molecule has 3 aromatic heterocycles. The van der Waals surface area contributed by atoms with Crippen LogP contribution in [0.4, 0.5) is 5.82 Å². The highest BCUT2D eigenvalue weighted by atomic mass is 16.5.